The molecule has 3 N–H and O–H groups in total. The van der Waals surface area contributed by atoms with Crippen LogP contribution in [0.4, 0.5) is 0 Å². The molecular weight excluding hydrogens is 150 g/mol. The maximum atomic E-state index is 9.48. The number of hydrogen-bond acceptors (Lipinski definition) is 2. The highest BCUT2D eigenvalue weighted by Gasteiger charge is 2.25. The molecule has 0 aromatic heterocycles. The van der Waals surface area contributed by atoms with Crippen LogP contribution in [0.3, 0.4) is 0 Å². The van der Waals surface area contributed by atoms with Gasteiger partial charge in [0.2, 0.25) is 0 Å². The van der Waals surface area contributed by atoms with E-state index in [-0.39, 0.29) is 6.10 Å². The van der Waals surface area contributed by atoms with Crippen molar-refractivity contribution in [2.75, 3.05) is 6.54 Å². The normalized spacial score (nSPS) is 25.2. The fraction of sp³-hybridized carbons (Fsp3) is 1.00. The summed E-state index contributed by atoms with van der Waals surface area (Å²) >= 11 is 0. The number of rotatable bonds is 3. The Morgan fingerprint density at radius 1 is 1.33 bits per heavy atom. The van der Waals surface area contributed by atoms with Crippen molar-refractivity contribution < 1.29 is 5.11 Å². The molecule has 1 rings (SSSR count). The molecule has 0 radical (unpaired) electrons. The molecule has 1 saturated carbocycles. The Morgan fingerprint density at radius 3 is 2.33 bits per heavy atom. The molecule has 0 aliphatic heterocycles. The quantitative estimate of drug-likeness (QED) is 0.676. The second-order valence-corrected chi connectivity index (χ2v) is 4.04. The van der Waals surface area contributed by atoms with Crippen molar-refractivity contribution in [3.05, 3.63) is 0 Å². The first-order valence-corrected chi connectivity index (χ1v) is 5.14. The van der Waals surface area contributed by atoms with Gasteiger partial charge in [0, 0.05) is 0 Å². The van der Waals surface area contributed by atoms with Crippen LogP contribution in [0, 0.1) is 11.8 Å². The lowest BCUT2D eigenvalue weighted by molar-refractivity contribution is 0.0773. The lowest BCUT2D eigenvalue weighted by Gasteiger charge is -2.31. The van der Waals surface area contributed by atoms with E-state index in [1.807, 2.05) is 6.92 Å². The van der Waals surface area contributed by atoms with Crippen molar-refractivity contribution in [3.63, 3.8) is 0 Å². The van der Waals surface area contributed by atoms with Crippen molar-refractivity contribution in [2.45, 2.75) is 45.1 Å². The summed E-state index contributed by atoms with van der Waals surface area (Å²) in [6.07, 6.45) is 6.34. The number of hydrogen-bond donors (Lipinski definition) is 2. The van der Waals surface area contributed by atoms with Gasteiger partial charge in [-0.25, -0.2) is 0 Å². The van der Waals surface area contributed by atoms with Gasteiger partial charge in [-0.1, -0.05) is 32.1 Å². The van der Waals surface area contributed by atoms with Crippen molar-refractivity contribution in [2.24, 2.45) is 17.6 Å². The van der Waals surface area contributed by atoms with Crippen molar-refractivity contribution in [1.82, 2.24) is 0 Å². The molecule has 2 atom stereocenters. The smallest absolute Gasteiger partial charge is 0.0554 e. The monoisotopic (exact) mass is 171 g/mol. The Labute approximate surface area is 75.2 Å². The van der Waals surface area contributed by atoms with E-state index in [1.54, 1.807) is 0 Å². The van der Waals surface area contributed by atoms with Gasteiger partial charge in [-0.05, 0) is 25.3 Å². The van der Waals surface area contributed by atoms with E-state index >= 15 is 0 Å². The largest absolute Gasteiger partial charge is 0.393 e. The Balaban J connectivity index is 2.40. The summed E-state index contributed by atoms with van der Waals surface area (Å²) in [5, 5.41) is 9.48. The lowest BCUT2D eigenvalue weighted by Crippen LogP contribution is -2.33. The third-order valence-corrected chi connectivity index (χ3v) is 3.15. The van der Waals surface area contributed by atoms with Gasteiger partial charge in [-0.2, -0.15) is 0 Å². The molecule has 0 spiro atoms. The summed E-state index contributed by atoms with van der Waals surface area (Å²) in [4.78, 5) is 0. The molecule has 1 fully saturated rings. The minimum Gasteiger partial charge on any atom is -0.393 e. The maximum Gasteiger partial charge on any atom is 0.0554 e. The molecule has 0 aromatic rings. The van der Waals surface area contributed by atoms with E-state index in [0.717, 1.165) is 0 Å². The third kappa shape index (κ3) is 2.46. The fourth-order valence-corrected chi connectivity index (χ4v) is 2.35. The maximum absolute atomic E-state index is 9.48. The van der Waals surface area contributed by atoms with Crippen LogP contribution in [0.2, 0.25) is 0 Å². The molecule has 72 valence electrons. The van der Waals surface area contributed by atoms with Crippen LogP contribution < -0.4 is 5.73 Å². The minimum atomic E-state index is -0.224. The fourth-order valence-electron chi connectivity index (χ4n) is 2.35. The molecular formula is C10H21NO. The molecule has 0 bridgehead atoms. The summed E-state index contributed by atoms with van der Waals surface area (Å²) in [5.74, 6) is 1.02. The molecule has 2 nitrogen and oxygen atoms in total. The van der Waals surface area contributed by atoms with Crippen LogP contribution in [-0.4, -0.2) is 17.8 Å². The van der Waals surface area contributed by atoms with Gasteiger partial charge in [0.05, 0.1) is 6.10 Å². The second kappa shape index (κ2) is 4.83. The van der Waals surface area contributed by atoms with E-state index in [0.29, 0.717) is 18.4 Å². The zero-order chi connectivity index (χ0) is 8.97. The van der Waals surface area contributed by atoms with Gasteiger partial charge in [0.15, 0.2) is 0 Å². The lowest BCUT2D eigenvalue weighted by atomic mass is 9.78. The first-order chi connectivity index (χ1) is 5.75. The summed E-state index contributed by atoms with van der Waals surface area (Å²) in [5.41, 5.74) is 5.64. The van der Waals surface area contributed by atoms with Crippen LogP contribution in [0.5, 0.6) is 0 Å². The molecule has 0 aromatic carbocycles. The van der Waals surface area contributed by atoms with Gasteiger partial charge >= 0.3 is 0 Å². The van der Waals surface area contributed by atoms with Crippen LogP contribution in [0.1, 0.15) is 39.0 Å². The van der Waals surface area contributed by atoms with Crippen molar-refractivity contribution >= 4 is 0 Å². The topological polar surface area (TPSA) is 46.2 Å². The third-order valence-electron chi connectivity index (χ3n) is 3.15. The van der Waals surface area contributed by atoms with Gasteiger partial charge < -0.3 is 10.8 Å². The van der Waals surface area contributed by atoms with Gasteiger partial charge in [0.25, 0.3) is 0 Å². The molecule has 2 unspecified atom stereocenters. The summed E-state index contributed by atoms with van der Waals surface area (Å²) in [7, 11) is 0. The van der Waals surface area contributed by atoms with Crippen molar-refractivity contribution in [3.8, 4) is 0 Å². The Hall–Kier alpha value is -0.0800. The van der Waals surface area contributed by atoms with Gasteiger partial charge in [-0.3, -0.25) is 0 Å². The van der Waals surface area contributed by atoms with E-state index in [1.165, 1.54) is 32.1 Å². The first kappa shape index (κ1) is 10.0. The van der Waals surface area contributed by atoms with E-state index in [9.17, 15) is 5.11 Å². The number of nitrogens with two attached hydrogens (primary N) is 1. The summed E-state index contributed by atoms with van der Waals surface area (Å²) in [6.45, 7) is 2.51. The highest BCUT2D eigenvalue weighted by Crippen LogP contribution is 2.31. The highest BCUT2D eigenvalue weighted by atomic mass is 16.3. The predicted molar refractivity (Wildman–Crippen MR) is 50.8 cm³/mol. The Kier molecular flexibility index (Phi) is 4.02. The molecule has 0 heterocycles. The zero-order valence-electron chi connectivity index (χ0n) is 8.00. The zero-order valence-corrected chi connectivity index (χ0v) is 8.00. The average molecular weight is 171 g/mol. The molecule has 1 aliphatic carbocycles. The Morgan fingerprint density at radius 2 is 1.92 bits per heavy atom. The molecule has 0 amide bonds. The molecule has 1 aliphatic rings. The highest BCUT2D eigenvalue weighted by molar-refractivity contribution is 4.77. The van der Waals surface area contributed by atoms with E-state index in [2.05, 4.69) is 0 Å². The summed E-state index contributed by atoms with van der Waals surface area (Å²) in [6, 6.07) is 0. The first-order valence-electron chi connectivity index (χ1n) is 5.14. The van der Waals surface area contributed by atoms with Crippen molar-refractivity contribution in [1.29, 1.82) is 0 Å². The minimum absolute atomic E-state index is 0.224. The number of aliphatic hydroxyl groups excluding tert-OH is 1. The predicted octanol–water partition coefficient (Wildman–Crippen LogP) is 1.52. The van der Waals surface area contributed by atoms with Gasteiger partial charge in [-0.15, -0.1) is 0 Å². The standard InChI is InChI=1S/C10H21NO/c1-8(12)10(7-11)9-5-3-2-4-6-9/h8-10,12H,2-7,11H2,1H3. The van der Waals surface area contributed by atoms with Crippen LogP contribution in [0.15, 0.2) is 0 Å². The second-order valence-electron chi connectivity index (χ2n) is 4.04. The van der Waals surface area contributed by atoms with E-state index < -0.39 is 0 Å². The molecule has 0 saturated heterocycles. The number of aliphatic hydroxyl groups is 1. The molecule has 2 heteroatoms. The van der Waals surface area contributed by atoms with E-state index in [4.69, 9.17) is 5.73 Å². The molecule has 12 heavy (non-hydrogen) atoms. The average Bonchev–Trinajstić information content (AvgIpc) is 2.07. The van der Waals surface area contributed by atoms with Crippen LogP contribution in [0.25, 0.3) is 0 Å². The Bertz CT molecular complexity index is 119. The van der Waals surface area contributed by atoms with Gasteiger partial charge in [0.1, 0.15) is 0 Å². The van der Waals surface area contributed by atoms with Crippen LogP contribution in [-0.2, 0) is 0 Å². The SMILES string of the molecule is CC(O)C(CN)C1CCCCC1. The van der Waals surface area contributed by atoms with Crippen LogP contribution >= 0.6 is 0 Å². The summed E-state index contributed by atoms with van der Waals surface area (Å²) < 4.78 is 0.